The van der Waals surface area contributed by atoms with Crippen LogP contribution in [0.3, 0.4) is 0 Å². The molecule has 3 aromatic heterocycles. The van der Waals surface area contributed by atoms with E-state index in [-0.39, 0.29) is 5.75 Å². The maximum absolute atomic E-state index is 9.50. The third kappa shape index (κ3) is 2.79. The monoisotopic (exact) mass is 316 g/mol. The maximum atomic E-state index is 9.50. The van der Waals surface area contributed by atoms with Crippen molar-refractivity contribution in [2.75, 3.05) is 5.32 Å². The molecule has 0 saturated carbocycles. The van der Waals surface area contributed by atoms with Gasteiger partial charge in [0.05, 0.1) is 12.2 Å². The van der Waals surface area contributed by atoms with Crippen LogP contribution in [-0.2, 0) is 6.54 Å². The van der Waals surface area contributed by atoms with Crippen molar-refractivity contribution >= 4 is 16.9 Å². The van der Waals surface area contributed by atoms with Crippen LogP contribution in [0.2, 0.25) is 0 Å². The van der Waals surface area contributed by atoms with Gasteiger partial charge in [0, 0.05) is 17.8 Å². The molecule has 3 N–H and O–H groups in total. The minimum atomic E-state index is 0.256. The van der Waals surface area contributed by atoms with Crippen LogP contribution in [0, 0.1) is 0 Å². The highest BCUT2D eigenvalue weighted by molar-refractivity contribution is 5.94. The zero-order valence-electron chi connectivity index (χ0n) is 12.9. The average molecular weight is 316 g/mol. The number of aromatic hydroxyl groups is 1. The van der Waals surface area contributed by atoms with Gasteiger partial charge in [0.2, 0.25) is 0 Å². The molecule has 0 aliphatic heterocycles. The molecule has 4 rings (SSSR count). The summed E-state index contributed by atoms with van der Waals surface area (Å²) in [5, 5.41) is 13.9. The summed E-state index contributed by atoms with van der Waals surface area (Å²) in [5.41, 5.74) is 3.87. The lowest BCUT2D eigenvalue weighted by molar-refractivity contribution is 0.475. The largest absolute Gasteiger partial charge is 0.508 e. The number of nitrogens with one attached hydrogen (secondary N) is 2. The minimum absolute atomic E-state index is 0.256. The highest BCUT2D eigenvalue weighted by Gasteiger charge is 2.09. The number of phenols is 1. The number of H-pyrrole nitrogens is 1. The molecule has 0 spiro atoms. The standard InChI is InChI=1S/C19H16N4O/c24-15-6-4-13(5-7-15)17-11-18(23-19-16(17)8-10-21-19)22-12-14-3-1-2-9-20-14/h1-11,24H,12H2,(H2,21,22,23). The number of anilines is 1. The molecule has 24 heavy (non-hydrogen) atoms. The first-order chi connectivity index (χ1) is 11.8. The second-order valence-corrected chi connectivity index (χ2v) is 5.52. The molecule has 0 fully saturated rings. The van der Waals surface area contributed by atoms with Crippen LogP contribution in [0.15, 0.2) is 67.0 Å². The van der Waals surface area contributed by atoms with E-state index in [1.165, 1.54) is 0 Å². The Balaban J connectivity index is 1.71. The predicted molar refractivity (Wildman–Crippen MR) is 94.8 cm³/mol. The predicted octanol–water partition coefficient (Wildman–Crippen LogP) is 3.94. The van der Waals surface area contributed by atoms with Gasteiger partial charge < -0.3 is 15.4 Å². The fraction of sp³-hybridized carbons (Fsp3) is 0.0526. The van der Waals surface area contributed by atoms with Crippen molar-refractivity contribution in [3.63, 3.8) is 0 Å². The number of fused-ring (bicyclic) bond motifs is 1. The zero-order valence-corrected chi connectivity index (χ0v) is 12.9. The number of hydrogen-bond acceptors (Lipinski definition) is 4. The molecule has 0 atom stereocenters. The van der Waals surface area contributed by atoms with E-state index in [2.05, 4.69) is 20.3 Å². The number of benzene rings is 1. The van der Waals surface area contributed by atoms with Crippen molar-refractivity contribution in [1.29, 1.82) is 0 Å². The molecule has 0 saturated heterocycles. The van der Waals surface area contributed by atoms with E-state index in [0.29, 0.717) is 6.54 Å². The number of phenolic OH excluding ortho intramolecular Hbond substituents is 1. The Morgan fingerprint density at radius 1 is 1.04 bits per heavy atom. The molecule has 118 valence electrons. The molecule has 0 amide bonds. The summed E-state index contributed by atoms with van der Waals surface area (Å²) >= 11 is 0. The molecule has 0 aliphatic rings. The normalized spacial score (nSPS) is 10.8. The SMILES string of the molecule is Oc1ccc(-c2cc(NCc3ccccn3)nc3[nH]ccc23)cc1. The lowest BCUT2D eigenvalue weighted by Gasteiger charge is -2.09. The van der Waals surface area contributed by atoms with Gasteiger partial charge in [-0.15, -0.1) is 0 Å². The van der Waals surface area contributed by atoms with E-state index in [9.17, 15) is 5.11 Å². The topological polar surface area (TPSA) is 73.8 Å². The van der Waals surface area contributed by atoms with Crippen molar-refractivity contribution in [3.8, 4) is 16.9 Å². The summed E-state index contributed by atoms with van der Waals surface area (Å²) in [7, 11) is 0. The Kier molecular flexibility index (Phi) is 3.59. The summed E-state index contributed by atoms with van der Waals surface area (Å²) < 4.78 is 0. The second kappa shape index (κ2) is 6.04. The lowest BCUT2D eigenvalue weighted by Crippen LogP contribution is -2.03. The van der Waals surface area contributed by atoms with Crippen LogP contribution in [0.25, 0.3) is 22.2 Å². The Labute approximate surface area is 139 Å². The maximum Gasteiger partial charge on any atom is 0.140 e. The Bertz CT molecular complexity index is 962. The van der Waals surface area contributed by atoms with Gasteiger partial charge in [-0.05, 0) is 47.5 Å². The van der Waals surface area contributed by atoms with E-state index < -0.39 is 0 Å². The summed E-state index contributed by atoms with van der Waals surface area (Å²) in [4.78, 5) is 12.1. The van der Waals surface area contributed by atoms with E-state index in [0.717, 1.165) is 33.7 Å². The van der Waals surface area contributed by atoms with Crippen LogP contribution >= 0.6 is 0 Å². The number of hydrogen-bond donors (Lipinski definition) is 3. The fourth-order valence-electron chi connectivity index (χ4n) is 2.69. The summed E-state index contributed by atoms with van der Waals surface area (Å²) in [6, 6.07) is 17.0. The van der Waals surface area contributed by atoms with Crippen LogP contribution in [0.1, 0.15) is 5.69 Å². The molecule has 0 aliphatic carbocycles. The fourth-order valence-corrected chi connectivity index (χ4v) is 2.69. The summed E-state index contributed by atoms with van der Waals surface area (Å²) in [6.07, 6.45) is 3.66. The number of aromatic amines is 1. The Morgan fingerprint density at radius 2 is 1.92 bits per heavy atom. The third-order valence-corrected chi connectivity index (χ3v) is 3.88. The highest BCUT2D eigenvalue weighted by Crippen LogP contribution is 2.30. The molecule has 3 heterocycles. The lowest BCUT2D eigenvalue weighted by atomic mass is 10.0. The van der Waals surface area contributed by atoms with Gasteiger partial charge in [0.1, 0.15) is 17.2 Å². The molecule has 1 aromatic carbocycles. The van der Waals surface area contributed by atoms with Gasteiger partial charge in [-0.3, -0.25) is 4.98 Å². The minimum Gasteiger partial charge on any atom is -0.508 e. The van der Waals surface area contributed by atoms with Crippen molar-refractivity contribution in [3.05, 3.63) is 72.7 Å². The number of pyridine rings is 2. The molecular formula is C19H16N4O. The van der Waals surface area contributed by atoms with E-state index in [4.69, 9.17) is 0 Å². The molecule has 0 unspecified atom stereocenters. The van der Waals surface area contributed by atoms with E-state index in [1.807, 2.05) is 48.7 Å². The summed E-state index contributed by atoms with van der Waals surface area (Å²) in [6.45, 7) is 0.606. The van der Waals surface area contributed by atoms with Gasteiger partial charge in [-0.2, -0.15) is 0 Å². The van der Waals surface area contributed by atoms with Crippen molar-refractivity contribution in [2.45, 2.75) is 6.54 Å². The van der Waals surface area contributed by atoms with Crippen molar-refractivity contribution in [1.82, 2.24) is 15.0 Å². The Hall–Kier alpha value is -3.34. The first kappa shape index (κ1) is 14.3. The molecule has 5 nitrogen and oxygen atoms in total. The van der Waals surface area contributed by atoms with Gasteiger partial charge >= 0.3 is 0 Å². The van der Waals surface area contributed by atoms with Gasteiger partial charge in [-0.25, -0.2) is 4.98 Å². The first-order valence-corrected chi connectivity index (χ1v) is 7.71. The van der Waals surface area contributed by atoms with Crippen LogP contribution < -0.4 is 5.32 Å². The van der Waals surface area contributed by atoms with Crippen molar-refractivity contribution < 1.29 is 5.11 Å². The van der Waals surface area contributed by atoms with Crippen LogP contribution in [0.4, 0.5) is 5.82 Å². The molecule has 4 aromatic rings. The van der Waals surface area contributed by atoms with Crippen LogP contribution in [0.5, 0.6) is 5.75 Å². The quantitative estimate of drug-likeness (QED) is 0.533. The molecule has 5 heteroatoms. The van der Waals surface area contributed by atoms with Gasteiger partial charge in [-0.1, -0.05) is 18.2 Å². The number of rotatable bonds is 4. The van der Waals surface area contributed by atoms with Crippen molar-refractivity contribution in [2.24, 2.45) is 0 Å². The third-order valence-electron chi connectivity index (χ3n) is 3.88. The smallest absolute Gasteiger partial charge is 0.140 e. The summed E-state index contributed by atoms with van der Waals surface area (Å²) in [5.74, 6) is 1.03. The van der Waals surface area contributed by atoms with Gasteiger partial charge in [0.25, 0.3) is 0 Å². The Morgan fingerprint density at radius 3 is 2.71 bits per heavy atom. The first-order valence-electron chi connectivity index (χ1n) is 7.71. The van der Waals surface area contributed by atoms with E-state index >= 15 is 0 Å². The highest BCUT2D eigenvalue weighted by atomic mass is 16.3. The average Bonchev–Trinajstić information content (AvgIpc) is 3.09. The van der Waals surface area contributed by atoms with E-state index in [1.54, 1.807) is 18.3 Å². The number of aromatic nitrogens is 3. The molecular weight excluding hydrogens is 300 g/mol. The van der Waals surface area contributed by atoms with Crippen LogP contribution in [-0.4, -0.2) is 20.1 Å². The van der Waals surface area contributed by atoms with Gasteiger partial charge in [0.15, 0.2) is 0 Å². The zero-order chi connectivity index (χ0) is 16.4. The molecule has 0 bridgehead atoms. The number of nitrogens with zero attached hydrogens (tertiary/aromatic N) is 2. The molecule has 0 radical (unpaired) electrons. The second-order valence-electron chi connectivity index (χ2n) is 5.52.